The quantitative estimate of drug-likeness (QED) is 0.523. The SMILES string of the molecule is CC(=O)Nc1cccc(NC(=O)CN(Cc2ccccc2F)S(=O)(=O)c2ccc(C)cc2)c1. The third kappa shape index (κ3) is 6.47. The summed E-state index contributed by atoms with van der Waals surface area (Å²) in [6.45, 7) is 2.34. The average Bonchev–Trinajstić information content (AvgIpc) is 2.75. The maximum Gasteiger partial charge on any atom is 0.243 e. The molecule has 0 aliphatic heterocycles. The molecule has 0 saturated heterocycles. The van der Waals surface area contributed by atoms with Crippen molar-refractivity contribution >= 4 is 33.2 Å². The smallest absolute Gasteiger partial charge is 0.243 e. The summed E-state index contributed by atoms with van der Waals surface area (Å²) in [5.41, 5.74) is 1.89. The molecule has 0 bridgehead atoms. The summed E-state index contributed by atoms with van der Waals surface area (Å²) in [5, 5.41) is 5.24. The minimum absolute atomic E-state index is 0.00453. The molecule has 3 aromatic carbocycles. The van der Waals surface area contributed by atoms with Crippen LogP contribution in [0.3, 0.4) is 0 Å². The van der Waals surface area contributed by atoms with Crippen LogP contribution >= 0.6 is 0 Å². The molecule has 3 rings (SSSR count). The van der Waals surface area contributed by atoms with E-state index in [1.807, 2.05) is 6.92 Å². The van der Waals surface area contributed by atoms with E-state index in [1.54, 1.807) is 42.5 Å². The van der Waals surface area contributed by atoms with Crippen LogP contribution in [-0.4, -0.2) is 31.1 Å². The number of hydrogen-bond acceptors (Lipinski definition) is 4. The van der Waals surface area contributed by atoms with E-state index in [-0.39, 0.29) is 22.9 Å². The fraction of sp³-hybridized carbons (Fsp3) is 0.167. The molecule has 0 spiro atoms. The molecule has 0 aliphatic carbocycles. The summed E-state index contributed by atoms with van der Waals surface area (Å²) < 4.78 is 41.8. The number of carbonyl (C=O) groups excluding carboxylic acids is 2. The van der Waals surface area contributed by atoms with E-state index in [0.29, 0.717) is 11.4 Å². The van der Waals surface area contributed by atoms with Crippen LogP contribution in [-0.2, 0) is 26.2 Å². The fourth-order valence-electron chi connectivity index (χ4n) is 3.14. The maximum absolute atomic E-state index is 14.3. The summed E-state index contributed by atoms with van der Waals surface area (Å²) in [6.07, 6.45) is 0. The lowest BCUT2D eigenvalue weighted by molar-refractivity contribution is -0.116. The molecule has 0 saturated carbocycles. The van der Waals surface area contributed by atoms with Crippen molar-refractivity contribution in [1.82, 2.24) is 4.31 Å². The lowest BCUT2D eigenvalue weighted by Crippen LogP contribution is -2.37. The Morgan fingerprint density at radius 3 is 2.18 bits per heavy atom. The monoisotopic (exact) mass is 469 g/mol. The van der Waals surface area contributed by atoms with Gasteiger partial charge in [-0.25, -0.2) is 12.8 Å². The van der Waals surface area contributed by atoms with E-state index in [0.717, 1.165) is 9.87 Å². The highest BCUT2D eigenvalue weighted by Gasteiger charge is 2.27. The highest BCUT2D eigenvalue weighted by atomic mass is 32.2. The molecule has 7 nitrogen and oxygen atoms in total. The number of aryl methyl sites for hydroxylation is 1. The molecule has 0 aliphatic rings. The second-order valence-electron chi connectivity index (χ2n) is 7.49. The predicted molar refractivity (Wildman–Crippen MR) is 125 cm³/mol. The molecule has 0 fully saturated rings. The average molecular weight is 470 g/mol. The zero-order valence-corrected chi connectivity index (χ0v) is 19.0. The van der Waals surface area contributed by atoms with Gasteiger partial charge in [-0.1, -0.05) is 42.0 Å². The first kappa shape index (κ1) is 24.1. The summed E-state index contributed by atoms with van der Waals surface area (Å²) in [5.74, 6) is -1.44. The number of halogens is 1. The molecule has 2 amide bonds. The Balaban J connectivity index is 1.86. The second-order valence-corrected chi connectivity index (χ2v) is 9.43. The number of anilines is 2. The van der Waals surface area contributed by atoms with Gasteiger partial charge in [-0.15, -0.1) is 0 Å². The van der Waals surface area contributed by atoms with Gasteiger partial charge in [0.05, 0.1) is 11.4 Å². The molecule has 0 unspecified atom stereocenters. The Morgan fingerprint density at radius 2 is 1.55 bits per heavy atom. The molecule has 0 atom stereocenters. The molecule has 0 radical (unpaired) electrons. The Hall–Kier alpha value is -3.56. The number of benzene rings is 3. The summed E-state index contributed by atoms with van der Waals surface area (Å²) in [6, 6.07) is 18.5. The van der Waals surface area contributed by atoms with Crippen molar-refractivity contribution in [3.05, 3.63) is 89.7 Å². The van der Waals surface area contributed by atoms with Gasteiger partial charge in [-0.05, 0) is 43.3 Å². The van der Waals surface area contributed by atoms with E-state index >= 15 is 0 Å². The van der Waals surface area contributed by atoms with Crippen molar-refractivity contribution in [2.75, 3.05) is 17.2 Å². The molecule has 0 heterocycles. The van der Waals surface area contributed by atoms with Gasteiger partial charge in [0.25, 0.3) is 0 Å². The molecule has 2 N–H and O–H groups in total. The van der Waals surface area contributed by atoms with Crippen LogP contribution in [0.25, 0.3) is 0 Å². The third-order valence-electron chi connectivity index (χ3n) is 4.75. The van der Waals surface area contributed by atoms with E-state index in [2.05, 4.69) is 10.6 Å². The van der Waals surface area contributed by atoms with Crippen molar-refractivity contribution in [2.24, 2.45) is 0 Å². The second kappa shape index (κ2) is 10.4. The summed E-state index contributed by atoms with van der Waals surface area (Å²) >= 11 is 0. The first-order valence-electron chi connectivity index (χ1n) is 10.1. The Morgan fingerprint density at radius 1 is 0.909 bits per heavy atom. The van der Waals surface area contributed by atoms with Gasteiger partial charge < -0.3 is 10.6 Å². The van der Waals surface area contributed by atoms with E-state index in [4.69, 9.17) is 0 Å². The summed E-state index contributed by atoms with van der Waals surface area (Å²) in [4.78, 5) is 24.0. The highest BCUT2D eigenvalue weighted by molar-refractivity contribution is 7.89. The first-order chi connectivity index (χ1) is 15.6. The predicted octanol–water partition coefficient (Wildman–Crippen LogP) is 3.92. The lowest BCUT2D eigenvalue weighted by atomic mass is 10.2. The number of amides is 2. The number of carbonyl (C=O) groups is 2. The van der Waals surface area contributed by atoms with Crippen LogP contribution < -0.4 is 10.6 Å². The fourth-order valence-corrected chi connectivity index (χ4v) is 4.51. The Labute approximate surface area is 192 Å². The zero-order valence-electron chi connectivity index (χ0n) is 18.2. The largest absolute Gasteiger partial charge is 0.326 e. The Kier molecular flexibility index (Phi) is 7.57. The summed E-state index contributed by atoms with van der Waals surface area (Å²) in [7, 11) is -4.10. The van der Waals surface area contributed by atoms with Crippen molar-refractivity contribution in [1.29, 1.82) is 0 Å². The van der Waals surface area contributed by atoms with Crippen molar-refractivity contribution < 1.29 is 22.4 Å². The number of hydrogen-bond donors (Lipinski definition) is 2. The number of rotatable bonds is 8. The van der Waals surface area contributed by atoms with E-state index < -0.39 is 28.3 Å². The van der Waals surface area contributed by atoms with Gasteiger partial charge >= 0.3 is 0 Å². The number of nitrogens with zero attached hydrogens (tertiary/aromatic N) is 1. The standard InChI is InChI=1S/C24H24FN3O4S/c1-17-10-12-22(13-11-17)33(31,32)28(15-19-6-3-4-9-23(19)25)16-24(30)27-21-8-5-7-20(14-21)26-18(2)29/h3-14H,15-16H2,1-2H3,(H,26,29)(H,27,30). The van der Waals surface area contributed by atoms with Gasteiger partial charge in [-0.2, -0.15) is 4.31 Å². The topological polar surface area (TPSA) is 95.6 Å². The van der Waals surface area contributed by atoms with Crippen molar-refractivity contribution in [2.45, 2.75) is 25.3 Å². The van der Waals surface area contributed by atoms with E-state index in [9.17, 15) is 22.4 Å². The zero-order chi connectivity index (χ0) is 24.0. The number of sulfonamides is 1. The molecular formula is C24H24FN3O4S. The van der Waals surface area contributed by atoms with Crippen LogP contribution in [0.5, 0.6) is 0 Å². The van der Waals surface area contributed by atoms with Crippen molar-refractivity contribution in [3.8, 4) is 0 Å². The highest BCUT2D eigenvalue weighted by Crippen LogP contribution is 2.21. The van der Waals surface area contributed by atoms with Crippen molar-refractivity contribution in [3.63, 3.8) is 0 Å². The molecule has 9 heteroatoms. The molecule has 33 heavy (non-hydrogen) atoms. The Bertz CT molecular complexity index is 1260. The molecular weight excluding hydrogens is 445 g/mol. The van der Waals surface area contributed by atoms with E-state index in [1.165, 1.54) is 37.3 Å². The van der Waals surface area contributed by atoms with Gasteiger partial charge in [0.15, 0.2) is 0 Å². The van der Waals surface area contributed by atoms with Crippen LogP contribution in [0.2, 0.25) is 0 Å². The maximum atomic E-state index is 14.3. The minimum Gasteiger partial charge on any atom is -0.326 e. The molecule has 172 valence electrons. The normalized spacial score (nSPS) is 11.3. The minimum atomic E-state index is -4.10. The number of nitrogens with one attached hydrogen (secondary N) is 2. The van der Waals surface area contributed by atoms with Gasteiger partial charge in [0.2, 0.25) is 21.8 Å². The molecule has 0 aromatic heterocycles. The van der Waals surface area contributed by atoms with Gasteiger partial charge in [0, 0.05) is 30.4 Å². The first-order valence-corrected chi connectivity index (χ1v) is 11.6. The third-order valence-corrected chi connectivity index (χ3v) is 6.56. The molecule has 3 aromatic rings. The van der Waals surface area contributed by atoms with Gasteiger partial charge in [0.1, 0.15) is 5.82 Å². The van der Waals surface area contributed by atoms with Crippen LogP contribution in [0.1, 0.15) is 18.1 Å². The van der Waals surface area contributed by atoms with Crippen LogP contribution in [0.4, 0.5) is 15.8 Å². The van der Waals surface area contributed by atoms with Crippen LogP contribution in [0, 0.1) is 12.7 Å². The van der Waals surface area contributed by atoms with Crippen LogP contribution in [0.15, 0.2) is 77.7 Å². The lowest BCUT2D eigenvalue weighted by Gasteiger charge is -2.22. The van der Waals surface area contributed by atoms with Gasteiger partial charge in [-0.3, -0.25) is 9.59 Å².